The molecule has 0 saturated carbocycles. The fraction of sp³-hybridized carbons (Fsp3) is 0.269. The molecular formula is C26H23ClF2N4O3. The molecule has 2 atom stereocenters. The number of carbonyl (C=O) groups excluding carboxylic acids is 1. The summed E-state index contributed by atoms with van der Waals surface area (Å²) in [6, 6.07) is 9.20. The van der Waals surface area contributed by atoms with Crippen LogP contribution in [0.1, 0.15) is 36.2 Å². The van der Waals surface area contributed by atoms with E-state index in [-0.39, 0.29) is 30.5 Å². The van der Waals surface area contributed by atoms with Gasteiger partial charge >= 0.3 is 0 Å². The predicted molar refractivity (Wildman–Crippen MR) is 130 cm³/mol. The first-order chi connectivity index (χ1) is 17.2. The normalized spacial score (nSPS) is 16.7. The number of fused-ring (bicyclic) bond motifs is 1. The van der Waals surface area contributed by atoms with E-state index in [1.54, 1.807) is 25.1 Å². The minimum Gasteiger partial charge on any atom is -0.487 e. The van der Waals surface area contributed by atoms with Gasteiger partial charge in [-0.05, 0) is 43.7 Å². The molecule has 2 aromatic heterocycles. The van der Waals surface area contributed by atoms with Crippen LogP contribution in [0.25, 0.3) is 16.6 Å². The number of hydrogen-bond donors (Lipinski definition) is 1. The van der Waals surface area contributed by atoms with Gasteiger partial charge in [0, 0.05) is 23.2 Å². The summed E-state index contributed by atoms with van der Waals surface area (Å²) in [5.74, 6) is -0.742. The number of pyridine rings is 1. The van der Waals surface area contributed by atoms with Crippen molar-refractivity contribution in [3.05, 3.63) is 82.3 Å². The van der Waals surface area contributed by atoms with Crippen molar-refractivity contribution in [1.82, 2.24) is 19.7 Å². The number of para-hydroxylation sites is 1. The second-order valence-corrected chi connectivity index (χ2v) is 9.27. The van der Waals surface area contributed by atoms with Gasteiger partial charge < -0.3 is 14.7 Å². The van der Waals surface area contributed by atoms with Gasteiger partial charge in [0.1, 0.15) is 23.7 Å². The van der Waals surface area contributed by atoms with Gasteiger partial charge in [0.25, 0.3) is 0 Å². The summed E-state index contributed by atoms with van der Waals surface area (Å²) >= 11 is 6.43. The van der Waals surface area contributed by atoms with Gasteiger partial charge in [-0.15, -0.1) is 0 Å². The molecule has 0 bridgehead atoms. The average molecular weight is 513 g/mol. The van der Waals surface area contributed by atoms with Crippen LogP contribution in [0, 0.1) is 18.6 Å². The van der Waals surface area contributed by atoms with Crippen LogP contribution in [0.3, 0.4) is 0 Å². The molecule has 36 heavy (non-hydrogen) atoms. The molecule has 1 amide bonds. The zero-order valence-electron chi connectivity index (χ0n) is 19.6. The third-order valence-electron chi connectivity index (χ3n) is 6.33. The summed E-state index contributed by atoms with van der Waals surface area (Å²) in [6.07, 6.45) is 1.68. The van der Waals surface area contributed by atoms with Crippen molar-refractivity contribution in [2.45, 2.75) is 39.0 Å². The number of hydrogen-bond acceptors (Lipinski definition) is 5. The quantitative estimate of drug-likeness (QED) is 0.398. The van der Waals surface area contributed by atoms with E-state index in [4.69, 9.17) is 16.3 Å². The van der Waals surface area contributed by atoms with Gasteiger partial charge in [-0.2, -0.15) is 5.10 Å². The maximum absolute atomic E-state index is 14.3. The van der Waals surface area contributed by atoms with E-state index in [0.717, 1.165) is 6.20 Å². The highest BCUT2D eigenvalue weighted by Gasteiger charge is 2.33. The summed E-state index contributed by atoms with van der Waals surface area (Å²) in [7, 11) is 0. The lowest BCUT2D eigenvalue weighted by atomic mass is 10.00. The number of carbonyl (C=O) groups is 1. The Bertz CT molecular complexity index is 1480. The Morgan fingerprint density at radius 3 is 2.75 bits per heavy atom. The lowest BCUT2D eigenvalue weighted by molar-refractivity contribution is -0.129. The van der Waals surface area contributed by atoms with E-state index in [1.165, 1.54) is 27.9 Å². The summed E-state index contributed by atoms with van der Waals surface area (Å²) in [6.45, 7) is 3.74. The molecule has 1 saturated heterocycles. The minimum absolute atomic E-state index is 0.0101. The number of likely N-dealkylation sites (tertiary alicyclic amines) is 1. The molecule has 5 rings (SSSR count). The first kappa shape index (κ1) is 24.1. The van der Waals surface area contributed by atoms with E-state index >= 15 is 0 Å². The van der Waals surface area contributed by atoms with Crippen molar-refractivity contribution >= 4 is 28.4 Å². The topological polar surface area (TPSA) is 80.5 Å². The van der Waals surface area contributed by atoms with Crippen molar-refractivity contribution in [3.63, 3.8) is 0 Å². The standard InChI is InChI=1S/C26H23ClF2N4O3/c1-14-6-23(33-11-17(29)10-30-33)19-4-3-5-24(26(19)31-14)36-13-21-20(7-16(28)8-22(21)27)15(2)32-12-18(34)9-25(32)35/h3-8,10-11,15,18,34H,9,12-13H2,1-2H3/t15-,18-/m0/s1. The van der Waals surface area contributed by atoms with E-state index in [2.05, 4.69) is 10.1 Å². The lowest BCUT2D eigenvalue weighted by Gasteiger charge is -2.27. The van der Waals surface area contributed by atoms with Crippen molar-refractivity contribution in [1.29, 1.82) is 0 Å². The maximum atomic E-state index is 14.3. The Morgan fingerprint density at radius 2 is 2.06 bits per heavy atom. The fourth-order valence-corrected chi connectivity index (χ4v) is 4.89. The van der Waals surface area contributed by atoms with Crippen LogP contribution in [-0.2, 0) is 11.4 Å². The highest BCUT2D eigenvalue weighted by molar-refractivity contribution is 6.31. The molecule has 10 heteroatoms. The van der Waals surface area contributed by atoms with Crippen LogP contribution < -0.4 is 4.74 Å². The number of rotatable bonds is 6. The fourth-order valence-electron chi connectivity index (χ4n) is 4.62. The smallest absolute Gasteiger partial charge is 0.225 e. The molecule has 0 radical (unpaired) electrons. The second-order valence-electron chi connectivity index (χ2n) is 8.86. The van der Waals surface area contributed by atoms with Crippen LogP contribution in [-0.4, -0.2) is 43.3 Å². The van der Waals surface area contributed by atoms with Gasteiger partial charge in [0.2, 0.25) is 5.91 Å². The molecule has 3 heterocycles. The highest BCUT2D eigenvalue weighted by atomic mass is 35.5. The van der Waals surface area contributed by atoms with Crippen molar-refractivity contribution < 1.29 is 23.4 Å². The molecule has 1 aliphatic heterocycles. The lowest BCUT2D eigenvalue weighted by Crippen LogP contribution is -2.30. The Hall–Kier alpha value is -3.56. The molecule has 7 nitrogen and oxygen atoms in total. The molecule has 2 aromatic carbocycles. The Kier molecular flexibility index (Phi) is 6.36. The van der Waals surface area contributed by atoms with Gasteiger partial charge in [-0.25, -0.2) is 18.4 Å². The van der Waals surface area contributed by atoms with Crippen LogP contribution in [0.15, 0.2) is 48.8 Å². The monoisotopic (exact) mass is 512 g/mol. The van der Waals surface area contributed by atoms with E-state index in [1.807, 2.05) is 13.0 Å². The van der Waals surface area contributed by atoms with Gasteiger partial charge in [0.15, 0.2) is 5.82 Å². The van der Waals surface area contributed by atoms with Crippen LogP contribution in [0.2, 0.25) is 5.02 Å². The highest BCUT2D eigenvalue weighted by Crippen LogP contribution is 2.35. The molecule has 0 aliphatic carbocycles. The number of halogens is 3. The molecule has 1 fully saturated rings. The number of nitrogens with zero attached hydrogens (tertiary/aromatic N) is 4. The molecule has 4 aromatic rings. The number of aryl methyl sites for hydroxylation is 1. The SMILES string of the molecule is Cc1cc(-n2cc(F)cn2)c2cccc(OCc3c(Cl)cc(F)cc3[C@H](C)N3C[C@@H](O)CC3=O)c2n1. The van der Waals surface area contributed by atoms with Gasteiger partial charge in [-0.1, -0.05) is 23.7 Å². The van der Waals surface area contributed by atoms with E-state index in [0.29, 0.717) is 39.2 Å². The third-order valence-corrected chi connectivity index (χ3v) is 6.67. The number of aliphatic hydroxyl groups is 1. The number of β-amino-alcohol motifs (C(OH)–C–C–N with tert-alkyl or cyclic N) is 1. The maximum Gasteiger partial charge on any atom is 0.225 e. The minimum atomic E-state index is -0.758. The third kappa shape index (κ3) is 4.52. The molecule has 0 spiro atoms. The zero-order chi connectivity index (χ0) is 25.6. The number of benzene rings is 2. The number of amides is 1. The summed E-state index contributed by atoms with van der Waals surface area (Å²) in [5, 5.41) is 14.8. The summed E-state index contributed by atoms with van der Waals surface area (Å²) in [5.41, 5.74) is 2.91. The molecule has 1 aliphatic rings. The van der Waals surface area contributed by atoms with Crippen molar-refractivity contribution in [3.8, 4) is 11.4 Å². The summed E-state index contributed by atoms with van der Waals surface area (Å²) in [4.78, 5) is 18.5. The van der Waals surface area contributed by atoms with Crippen molar-refractivity contribution in [2.75, 3.05) is 6.54 Å². The number of aliphatic hydroxyl groups excluding tert-OH is 1. The molecule has 186 valence electrons. The Morgan fingerprint density at radius 1 is 1.25 bits per heavy atom. The van der Waals surface area contributed by atoms with Crippen LogP contribution in [0.5, 0.6) is 5.75 Å². The first-order valence-electron chi connectivity index (χ1n) is 11.4. The average Bonchev–Trinajstić information content (AvgIpc) is 3.41. The Balaban J connectivity index is 1.51. The summed E-state index contributed by atoms with van der Waals surface area (Å²) < 4.78 is 35.5. The van der Waals surface area contributed by atoms with Crippen LogP contribution in [0.4, 0.5) is 8.78 Å². The Labute approximate surface area is 210 Å². The zero-order valence-corrected chi connectivity index (χ0v) is 20.3. The molecular weight excluding hydrogens is 490 g/mol. The van der Waals surface area contributed by atoms with E-state index < -0.39 is 23.8 Å². The van der Waals surface area contributed by atoms with Gasteiger partial charge in [-0.3, -0.25) is 4.79 Å². The van der Waals surface area contributed by atoms with E-state index in [9.17, 15) is 18.7 Å². The number of aromatic nitrogens is 3. The second kappa shape index (κ2) is 9.48. The largest absolute Gasteiger partial charge is 0.487 e. The van der Waals surface area contributed by atoms with Crippen molar-refractivity contribution in [2.24, 2.45) is 0 Å². The molecule has 1 N–H and O–H groups in total. The van der Waals surface area contributed by atoms with Gasteiger partial charge in [0.05, 0.1) is 41.7 Å². The predicted octanol–water partition coefficient (Wildman–Crippen LogP) is 4.89. The first-order valence-corrected chi connectivity index (χ1v) is 11.8. The molecule has 0 unspecified atom stereocenters. The number of ether oxygens (including phenoxy) is 1. The van der Waals surface area contributed by atoms with Crippen LogP contribution >= 0.6 is 11.6 Å².